The molecule has 0 spiro atoms. The van der Waals surface area contributed by atoms with Gasteiger partial charge in [0, 0.05) is 30.6 Å². The molecule has 0 saturated carbocycles. The SMILES string of the molecule is CCCC[P+]([S-])([S-])OCCC.O.[Sb]. The monoisotopic (exact) mass is 350 g/mol. The summed E-state index contributed by atoms with van der Waals surface area (Å²) in [5, 5.41) is 0. The van der Waals surface area contributed by atoms with Gasteiger partial charge < -0.3 is 30.0 Å². The van der Waals surface area contributed by atoms with Crippen molar-refractivity contribution in [3.05, 3.63) is 0 Å². The molecule has 3 radical (unpaired) electrons. The van der Waals surface area contributed by atoms with Gasteiger partial charge in [-0.1, -0.05) is 26.2 Å². The molecule has 0 aromatic rings. The molecule has 6 heteroatoms. The Bertz CT molecular complexity index is 96.5. The molecule has 0 aliphatic heterocycles. The van der Waals surface area contributed by atoms with Crippen molar-refractivity contribution in [2.45, 2.75) is 33.1 Å². The molecule has 2 nitrogen and oxygen atoms in total. The van der Waals surface area contributed by atoms with Gasteiger partial charge in [-0.15, -0.1) is 0 Å². The summed E-state index contributed by atoms with van der Waals surface area (Å²) in [6.07, 6.45) is 4.21. The van der Waals surface area contributed by atoms with Crippen molar-refractivity contribution < 1.29 is 10.00 Å². The van der Waals surface area contributed by atoms with Gasteiger partial charge in [0.15, 0.2) is 0 Å². The summed E-state index contributed by atoms with van der Waals surface area (Å²) in [6, 6.07) is 0. The fourth-order valence-corrected chi connectivity index (χ4v) is 3.16. The smallest absolute Gasteiger partial charge is 0.0854 e. The molecule has 81 valence electrons. The van der Waals surface area contributed by atoms with Gasteiger partial charge in [-0.25, -0.2) is 0 Å². The predicted octanol–water partition coefficient (Wildman–Crippen LogP) is 1.86. The van der Waals surface area contributed by atoms with Crippen molar-refractivity contribution in [2.75, 3.05) is 12.8 Å². The Hall–Kier alpha value is 1.87. The Morgan fingerprint density at radius 1 is 1.15 bits per heavy atom. The Balaban J connectivity index is -0.000000500. The average Bonchev–Trinajstić information content (AvgIpc) is 1.97. The van der Waals surface area contributed by atoms with E-state index >= 15 is 0 Å². The minimum Gasteiger partial charge on any atom is -0.548 e. The zero-order valence-corrected chi connectivity index (χ0v) is 13.2. The van der Waals surface area contributed by atoms with Gasteiger partial charge in [-0.05, 0) is 12.8 Å². The number of hydrogen-bond acceptors (Lipinski definition) is 3. The van der Waals surface area contributed by atoms with Crippen LogP contribution in [0.3, 0.4) is 0 Å². The van der Waals surface area contributed by atoms with Crippen LogP contribution in [-0.2, 0) is 29.0 Å². The maximum atomic E-state index is 5.42. The normalized spacial score (nSPS) is 10.2. The average molecular weight is 351 g/mol. The van der Waals surface area contributed by atoms with Crippen molar-refractivity contribution >= 4 is 54.8 Å². The van der Waals surface area contributed by atoms with Gasteiger partial charge in [0.25, 0.3) is 0 Å². The Kier molecular flexibility index (Phi) is 18.6. The molecule has 0 fully saturated rings. The van der Waals surface area contributed by atoms with E-state index in [0.29, 0.717) is 0 Å². The third kappa shape index (κ3) is 13.9. The molecule has 0 aliphatic rings. The van der Waals surface area contributed by atoms with Gasteiger partial charge in [0.2, 0.25) is 0 Å². The van der Waals surface area contributed by atoms with Gasteiger partial charge in [-0.2, -0.15) is 0 Å². The van der Waals surface area contributed by atoms with Crippen molar-refractivity contribution in [1.82, 2.24) is 0 Å². The molecular formula is C7H18O2PS2Sb-. The summed E-state index contributed by atoms with van der Waals surface area (Å²) in [6.45, 7) is 4.96. The van der Waals surface area contributed by atoms with E-state index in [4.69, 9.17) is 29.0 Å². The summed E-state index contributed by atoms with van der Waals surface area (Å²) in [4.78, 5) is 0. The van der Waals surface area contributed by atoms with Crippen LogP contribution in [0.25, 0.3) is 0 Å². The van der Waals surface area contributed by atoms with Crippen LogP contribution in [0.2, 0.25) is 0 Å². The number of rotatable bonds is 6. The second kappa shape index (κ2) is 11.9. The number of hydrogen-bond donors (Lipinski definition) is 0. The third-order valence-corrected chi connectivity index (χ3v) is 4.45. The molecule has 2 N–H and O–H groups in total. The maximum absolute atomic E-state index is 5.42. The van der Waals surface area contributed by atoms with Crippen LogP contribution in [0.1, 0.15) is 33.1 Å². The summed E-state index contributed by atoms with van der Waals surface area (Å²) < 4.78 is 5.42. The summed E-state index contributed by atoms with van der Waals surface area (Å²) >= 11 is 10.4. The van der Waals surface area contributed by atoms with Crippen LogP contribution < -0.4 is 0 Å². The van der Waals surface area contributed by atoms with E-state index in [1.54, 1.807) is 0 Å². The van der Waals surface area contributed by atoms with Crippen LogP contribution in [0.4, 0.5) is 0 Å². The van der Waals surface area contributed by atoms with E-state index in [9.17, 15) is 0 Å². The zero-order chi connectivity index (χ0) is 8.74. The van der Waals surface area contributed by atoms with E-state index < -0.39 is 5.89 Å². The minimum absolute atomic E-state index is 0. The van der Waals surface area contributed by atoms with Crippen molar-refractivity contribution in [3.63, 3.8) is 0 Å². The zero-order valence-electron chi connectivity index (χ0n) is 8.15. The van der Waals surface area contributed by atoms with E-state index in [-0.39, 0.29) is 29.9 Å². The van der Waals surface area contributed by atoms with Gasteiger partial charge in [0.05, 0.1) is 6.61 Å². The topological polar surface area (TPSA) is 40.7 Å². The summed E-state index contributed by atoms with van der Waals surface area (Å²) in [7, 11) is 0. The van der Waals surface area contributed by atoms with Crippen LogP contribution in [0.5, 0.6) is 0 Å². The minimum atomic E-state index is -1.81. The first-order chi connectivity index (χ1) is 5.12. The van der Waals surface area contributed by atoms with Gasteiger partial charge in [-0.3, -0.25) is 4.52 Å². The standard InChI is InChI=1S/C7H17OPS2.H2O.Sb/c1-3-5-7-9(10,11)8-6-4-2;;/h3-7H2,1-2H3,(H,10,11);1H2;/p-1. The Morgan fingerprint density at radius 2 is 1.69 bits per heavy atom. The molecule has 13 heavy (non-hydrogen) atoms. The van der Waals surface area contributed by atoms with Crippen LogP contribution in [-0.4, -0.2) is 42.7 Å². The fraction of sp³-hybridized carbons (Fsp3) is 1.00. The molecule has 0 aromatic carbocycles. The molecule has 0 heterocycles. The van der Waals surface area contributed by atoms with E-state index in [1.165, 1.54) is 0 Å². The largest absolute Gasteiger partial charge is 0.548 e. The fourth-order valence-electron chi connectivity index (χ4n) is 0.647. The quantitative estimate of drug-likeness (QED) is 0.417. The molecule has 0 bridgehead atoms. The first-order valence-corrected chi connectivity index (χ1v) is 7.99. The van der Waals surface area contributed by atoms with Gasteiger partial charge >= 0.3 is 0 Å². The third-order valence-electron chi connectivity index (χ3n) is 1.28. The van der Waals surface area contributed by atoms with Crippen LogP contribution >= 0.6 is 5.89 Å². The first kappa shape index (κ1) is 20.3. The van der Waals surface area contributed by atoms with Crippen LogP contribution in [0, 0.1) is 0 Å². The van der Waals surface area contributed by atoms with E-state index in [2.05, 4.69) is 13.8 Å². The van der Waals surface area contributed by atoms with Crippen LogP contribution in [0.15, 0.2) is 0 Å². The summed E-state index contributed by atoms with van der Waals surface area (Å²) in [5.41, 5.74) is 0. The Labute approximate surface area is 110 Å². The van der Waals surface area contributed by atoms with Gasteiger partial charge in [0.1, 0.15) is 0 Å². The van der Waals surface area contributed by atoms with Crippen molar-refractivity contribution in [3.8, 4) is 0 Å². The molecule has 0 rings (SSSR count). The second-order valence-electron chi connectivity index (χ2n) is 2.52. The predicted molar refractivity (Wildman–Crippen MR) is 67.0 cm³/mol. The summed E-state index contributed by atoms with van der Waals surface area (Å²) in [5.74, 6) is -1.81. The molecule has 0 amide bonds. The molecule has 0 saturated heterocycles. The number of unbranched alkanes of at least 4 members (excludes halogenated alkanes) is 1. The second-order valence-corrected chi connectivity index (χ2v) is 8.68. The first-order valence-electron chi connectivity index (χ1n) is 4.07. The van der Waals surface area contributed by atoms with E-state index in [1.807, 2.05) is 0 Å². The Morgan fingerprint density at radius 3 is 2.08 bits per heavy atom. The molecular weight excluding hydrogens is 333 g/mol. The van der Waals surface area contributed by atoms with E-state index in [0.717, 1.165) is 32.0 Å². The molecule has 0 atom stereocenters. The molecule has 0 aliphatic carbocycles. The molecule has 0 aromatic heterocycles. The maximum Gasteiger partial charge on any atom is 0.0854 e. The van der Waals surface area contributed by atoms with Crippen molar-refractivity contribution in [2.24, 2.45) is 0 Å². The van der Waals surface area contributed by atoms with Crippen molar-refractivity contribution in [1.29, 1.82) is 0 Å². The molecule has 0 unspecified atom stereocenters.